The monoisotopic (exact) mass is 762 g/mol. The summed E-state index contributed by atoms with van der Waals surface area (Å²) in [6.45, 7) is 3.41. The molecule has 2 atom stereocenters. The van der Waals surface area contributed by atoms with Crippen molar-refractivity contribution in [3.8, 4) is 0 Å². The van der Waals surface area contributed by atoms with Gasteiger partial charge in [-0.15, -0.1) is 0 Å². The average Bonchev–Trinajstić information content (AvgIpc) is 3.12. The molecule has 10 N–H and O–H groups in total. The van der Waals surface area contributed by atoms with Crippen LogP contribution in [0.1, 0.15) is 109 Å². The van der Waals surface area contributed by atoms with Crippen LogP contribution >= 0.6 is 0 Å². The van der Waals surface area contributed by atoms with E-state index in [9.17, 15) is 38.7 Å². The predicted molar refractivity (Wildman–Crippen MR) is 197 cm³/mol. The van der Waals surface area contributed by atoms with Crippen LogP contribution in [0.5, 0.6) is 0 Å². The zero-order chi connectivity index (χ0) is 40.1. The number of nitrogens with one attached hydrogen (secondary N) is 5. The third kappa shape index (κ3) is 35.0. The van der Waals surface area contributed by atoms with Crippen molar-refractivity contribution >= 4 is 41.5 Å². The second-order valence-corrected chi connectivity index (χ2v) is 12.2. The van der Waals surface area contributed by atoms with Crippen molar-refractivity contribution in [3.05, 3.63) is 0 Å². The Balaban J connectivity index is 0. The lowest BCUT2D eigenvalue weighted by atomic mass is 10.1. The van der Waals surface area contributed by atoms with E-state index in [0.29, 0.717) is 84.6 Å². The molecule has 0 saturated heterocycles. The Labute approximate surface area is 313 Å². The number of nitrogens with two attached hydrogens (primary N) is 1. The third-order valence-electron chi connectivity index (χ3n) is 7.71. The molecule has 0 aromatic rings. The van der Waals surface area contributed by atoms with Crippen LogP contribution in [0.3, 0.4) is 0 Å². The molecule has 0 heterocycles. The number of carbonyl (C=O) groups excluding carboxylic acids is 4. The minimum absolute atomic E-state index is 0.000621. The minimum atomic E-state index is -1.28. The zero-order valence-corrected chi connectivity index (χ0v) is 31.7. The van der Waals surface area contributed by atoms with E-state index < -0.39 is 35.9 Å². The van der Waals surface area contributed by atoms with Crippen molar-refractivity contribution in [1.82, 2.24) is 26.6 Å². The average molecular weight is 763 g/mol. The molecule has 0 bridgehead atoms. The molecule has 18 heteroatoms. The molecule has 4 amide bonds. The lowest BCUT2D eigenvalue weighted by Crippen LogP contribution is -2.42. The number of ether oxygens (including phenoxy) is 2. The highest BCUT2D eigenvalue weighted by Gasteiger charge is 2.21. The molecular formula is C35H66N6O12. The highest BCUT2D eigenvalue weighted by Crippen LogP contribution is 2.06. The molecule has 0 fully saturated rings. The van der Waals surface area contributed by atoms with Gasteiger partial charge in [-0.2, -0.15) is 0 Å². The maximum atomic E-state index is 12.2. The van der Waals surface area contributed by atoms with E-state index in [1.807, 2.05) is 0 Å². The number of hydrogen-bond donors (Lipinski definition) is 9. The van der Waals surface area contributed by atoms with E-state index in [1.54, 1.807) is 7.05 Å². The molecule has 53 heavy (non-hydrogen) atoms. The molecule has 0 unspecified atom stereocenters. The topological polar surface area (TPSA) is 285 Å². The van der Waals surface area contributed by atoms with Gasteiger partial charge in [0.2, 0.25) is 23.6 Å². The van der Waals surface area contributed by atoms with Crippen LogP contribution in [0.4, 0.5) is 0 Å². The number of hydrogen-bond acceptors (Lipinski definition) is 11. The molecule has 0 aliphatic heterocycles. The summed E-state index contributed by atoms with van der Waals surface area (Å²) in [5.74, 6) is -4.34. The summed E-state index contributed by atoms with van der Waals surface area (Å²) in [5, 5.41) is 40.3. The van der Waals surface area contributed by atoms with E-state index in [0.717, 1.165) is 38.5 Å². The number of unbranched alkanes of at least 4 members (excludes halogenated alkanes) is 5. The Bertz CT molecular complexity index is 1030. The number of carboxylic acids is 3. The number of likely N-dealkylation sites (N-methyl/N-ethyl adjacent to an activating group) is 1. The Morgan fingerprint density at radius 3 is 1.45 bits per heavy atom. The maximum absolute atomic E-state index is 12.2. The highest BCUT2D eigenvalue weighted by atomic mass is 16.5. The van der Waals surface area contributed by atoms with Gasteiger partial charge in [-0.25, -0.2) is 4.79 Å². The summed E-state index contributed by atoms with van der Waals surface area (Å²) >= 11 is 0. The second kappa shape index (κ2) is 36.5. The van der Waals surface area contributed by atoms with Crippen molar-refractivity contribution in [2.24, 2.45) is 5.73 Å². The fourth-order valence-corrected chi connectivity index (χ4v) is 4.72. The molecule has 0 radical (unpaired) electrons. The minimum Gasteiger partial charge on any atom is -0.481 e. The summed E-state index contributed by atoms with van der Waals surface area (Å²) in [7, 11) is 3.06. The number of carbonyl (C=O) groups is 7. The van der Waals surface area contributed by atoms with Crippen LogP contribution in [0.25, 0.3) is 0 Å². The van der Waals surface area contributed by atoms with Crippen molar-refractivity contribution in [2.75, 3.05) is 60.2 Å². The van der Waals surface area contributed by atoms with Gasteiger partial charge in [0.15, 0.2) is 0 Å². The molecule has 0 aliphatic rings. The fraction of sp³-hybridized carbons (Fsp3) is 0.800. The van der Waals surface area contributed by atoms with E-state index in [4.69, 9.17) is 19.7 Å². The van der Waals surface area contributed by atoms with Crippen LogP contribution in [0.15, 0.2) is 0 Å². The SMILES string of the molecule is CN.CN[C@@H](CCCCNC(=O)CC[C@H](NC(=O)CCC(=O)NCCCOCCCCOCCCNC(=O)CCCCCCC(=O)O)C(=O)O)C(=O)O. The van der Waals surface area contributed by atoms with E-state index >= 15 is 0 Å². The van der Waals surface area contributed by atoms with Crippen LogP contribution in [0.2, 0.25) is 0 Å². The number of carboxylic acid groups (broad SMARTS) is 3. The Kier molecular flexibility index (Phi) is 35.3. The summed E-state index contributed by atoms with van der Waals surface area (Å²) in [5.41, 5.74) is 4.50. The maximum Gasteiger partial charge on any atom is 0.326 e. The van der Waals surface area contributed by atoms with E-state index in [2.05, 4.69) is 32.3 Å². The van der Waals surface area contributed by atoms with Gasteiger partial charge in [0.25, 0.3) is 0 Å². The number of amides is 4. The standard InChI is InChI=1S/C34H61N5O12.CH5N/c1-35-26(33(46)47)12-6-7-19-36-29(41)16-15-27(34(48)49)39-31(43)18-17-30(42)38-21-11-25-51-23-9-8-22-50-24-10-20-37-28(40)13-4-2-3-5-14-32(44)45;1-2/h26-27,35H,2-25H2,1H3,(H,36,41)(H,37,40)(H,38,42)(H,39,43)(H,44,45)(H,46,47)(H,48,49);2H2,1H3/t26-,27-;/m0./s1. The largest absolute Gasteiger partial charge is 0.481 e. The summed E-state index contributed by atoms with van der Waals surface area (Å²) < 4.78 is 11.1. The second-order valence-electron chi connectivity index (χ2n) is 12.2. The van der Waals surface area contributed by atoms with Crippen molar-refractivity contribution < 1.29 is 58.4 Å². The Morgan fingerprint density at radius 2 is 0.943 bits per heavy atom. The molecular weight excluding hydrogens is 696 g/mol. The number of rotatable bonds is 35. The van der Waals surface area contributed by atoms with Gasteiger partial charge >= 0.3 is 17.9 Å². The quantitative estimate of drug-likeness (QED) is 0.0406. The Morgan fingerprint density at radius 1 is 0.491 bits per heavy atom. The highest BCUT2D eigenvalue weighted by molar-refractivity contribution is 5.87. The van der Waals surface area contributed by atoms with Gasteiger partial charge in [-0.05, 0) is 78.3 Å². The molecule has 0 aliphatic carbocycles. The van der Waals surface area contributed by atoms with Crippen LogP contribution in [0, 0.1) is 0 Å². The van der Waals surface area contributed by atoms with Gasteiger partial charge in [0.1, 0.15) is 12.1 Å². The smallest absolute Gasteiger partial charge is 0.326 e. The summed E-state index contributed by atoms with van der Waals surface area (Å²) in [4.78, 5) is 81.1. The molecule has 0 saturated carbocycles. The first-order chi connectivity index (χ1) is 25.5. The normalized spacial score (nSPS) is 11.7. The summed E-state index contributed by atoms with van der Waals surface area (Å²) in [6, 6.07) is -1.92. The van der Waals surface area contributed by atoms with Crippen molar-refractivity contribution in [2.45, 2.75) is 121 Å². The molecule has 0 spiro atoms. The molecule has 0 rings (SSSR count). The first-order valence-corrected chi connectivity index (χ1v) is 18.6. The van der Waals surface area contributed by atoms with Gasteiger partial charge in [0, 0.05) is 78.2 Å². The van der Waals surface area contributed by atoms with Gasteiger partial charge in [0.05, 0.1) is 0 Å². The van der Waals surface area contributed by atoms with Crippen LogP contribution in [-0.4, -0.2) is 129 Å². The first kappa shape index (κ1) is 51.2. The van der Waals surface area contributed by atoms with Crippen molar-refractivity contribution in [1.29, 1.82) is 0 Å². The fourth-order valence-electron chi connectivity index (χ4n) is 4.72. The molecule has 308 valence electrons. The summed E-state index contributed by atoms with van der Waals surface area (Å²) in [6.07, 6.45) is 7.67. The molecule has 0 aromatic heterocycles. The lowest BCUT2D eigenvalue weighted by molar-refractivity contribution is -0.142. The van der Waals surface area contributed by atoms with E-state index in [-0.39, 0.29) is 49.8 Å². The molecule has 18 nitrogen and oxygen atoms in total. The number of aliphatic carboxylic acids is 3. The van der Waals surface area contributed by atoms with Crippen LogP contribution in [-0.2, 0) is 43.0 Å². The van der Waals surface area contributed by atoms with Gasteiger partial charge in [-0.1, -0.05) is 12.8 Å². The Hall–Kier alpha value is -3.87. The third-order valence-corrected chi connectivity index (χ3v) is 7.71. The predicted octanol–water partition coefficient (Wildman–Crippen LogP) is 0.901. The van der Waals surface area contributed by atoms with Crippen LogP contribution < -0.4 is 32.3 Å². The lowest BCUT2D eigenvalue weighted by Gasteiger charge is -2.15. The van der Waals surface area contributed by atoms with E-state index in [1.165, 1.54) is 7.05 Å². The van der Waals surface area contributed by atoms with Gasteiger partial charge in [-0.3, -0.25) is 28.8 Å². The molecule has 0 aromatic carbocycles. The van der Waals surface area contributed by atoms with Gasteiger partial charge < -0.3 is 57.1 Å². The first-order valence-electron chi connectivity index (χ1n) is 18.6. The van der Waals surface area contributed by atoms with Crippen molar-refractivity contribution in [3.63, 3.8) is 0 Å². The zero-order valence-electron chi connectivity index (χ0n) is 31.7.